The highest BCUT2D eigenvalue weighted by Crippen LogP contribution is 2.33. The molecule has 2 aromatic carbocycles. The van der Waals surface area contributed by atoms with Gasteiger partial charge in [0.15, 0.2) is 0 Å². The maximum atomic E-state index is 13.2. The van der Waals surface area contributed by atoms with Crippen LogP contribution in [0.25, 0.3) is 22.2 Å². The first kappa shape index (κ1) is 23.7. The van der Waals surface area contributed by atoms with Crippen LogP contribution in [0.5, 0.6) is 11.5 Å². The summed E-state index contributed by atoms with van der Waals surface area (Å²) in [6, 6.07) is 14.0. The molecule has 1 N–H and O–H groups in total. The number of benzene rings is 2. The number of aromatic amines is 1. The van der Waals surface area contributed by atoms with E-state index in [2.05, 4.69) is 19.9 Å². The second-order valence-electron chi connectivity index (χ2n) is 8.59. The third kappa shape index (κ3) is 4.99. The fourth-order valence-corrected chi connectivity index (χ4v) is 4.25. The zero-order valence-corrected chi connectivity index (χ0v) is 19.7. The number of carbonyl (C=O) groups excluding carboxylic acids is 1. The third-order valence-electron chi connectivity index (χ3n) is 5.83. The van der Waals surface area contributed by atoms with E-state index in [0.29, 0.717) is 29.4 Å². The second-order valence-corrected chi connectivity index (χ2v) is 8.59. The van der Waals surface area contributed by atoms with Gasteiger partial charge in [-0.05, 0) is 55.0 Å². The Morgan fingerprint density at radius 1 is 1.19 bits per heavy atom. The number of ether oxygens (including phenoxy) is 3. The number of hydrogen-bond donors (Lipinski definition) is 1. The molecule has 0 bridgehead atoms. The van der Waals surface area contributed by atoms with Gasteiger partial charge < -0.3 is 19.1 Å². The van der Waals surface area contributed by atoms with Gasteiger partial charge in [0, 0.05) is 36.0 Å². The molecule has 1 fully saturated rings. The number of aryl methyl sites for hydroxylation is 1. The number of nitrogens with zero attached hydrogens (tertiary/aromatic N) is 3. The van der Waals surface area contributed by atoms with Gasteiger partial charge in [0.05, 0.1) is 12.2 Å². The van der Waals surface area contributed by atoms with Gasteiger partial charge in [0.2, 0.25) is 0 Å². The van der Waals surface area contributed by atoms with Crippen molar-refractivity contribution in [2.45, 2.75) is 26.1 Å². The van der Waals surface area contributed by atoms with Gasteiger partial charge in [-0.25, -0.2) is 0 Å². The van der Waals surface area contributed by atoms with Crippen molar-refractivity contribution < 1.29 is 27.8 Å². The Balaban J connectivity index is 1.32. The summed E-state index contributed by atoms with van der Waals surface area (Å²) >= 11 is 0. The SMILES string of the molecule is Cc1cc(OC(C)(F)F)ccc1N1C[C@@H](COc2ccc(-c3ccn[nH]3)c3cccnc23)OCC1=O. The lowest BCUT2D eigenvalue weighted by molar-refractivity contribution is -0.159. The zero-order chi connectivity index (χ0) is 25.3. The molecule has 0 spiro atoms. The Bertz CT molecular complexity index is 1390. The van der Waals surface area contributed by atoms with E-state index in [1.165, 1.54) is 12.1 Å². The van der Waals surface area contributed by atoms with Crippen LogP contribution in [0.4, 0.5) is 14.5 Å². The lowest BCUT2D eigenvalue weighted by Crippen LogP contribution is -2.49. The van der Waals surface area contributed by atoms with Crippen molar-refractivity contribution in [3.63, 3.8) is 0 Å². The summed E-state index contributed by atoms with van der Waals surface area (Å²) in [4.78, 5) is 18.7. The number of amides is 1. The Kier molecular flexibility index (Phi) is 6.27. The fourth-order valence-electron chi connectivity index (χ4n) is 4.25. The van der Waals surface area contributed by atoms with E-state index in [9.17, 15) is 13.6 Å². The molecule has 1 aliphatic rings. The first-order valence-electron chi connectivity index (χ1n) is 11.4. The van der Waals surface area contributed by atoms with Crippen molar-refractivity contribution in [1.29, 1.82) is 0 Å². The quantitative estimate of drug-likeness (QED) is 0.399. The summed E-state index contributed by atoms with van der Waals surface area (Å²) in [6.07, 6.45) is -0.296. The summed E-state index contributed by atoms with van der Waals surface area (Å²) < 4.78 is 42.8. The van der Waals surface area contributed by atoms with Crippen molar-refractivity contribution in [3.8, 4) is 22.8 Å². The van der Waals surface area contributed by atoms with Crippen LogP contribution >= 0.6 is 0 Å². The lowest BCUT2D eigenvalue weighted by Gasteiger charge is -2.33. The number of halogens is 2. The number of rotatable bonds is 7. The zero-order valence-electron chi connectivity index (χ0n) is 19.7. The number of alkyl halides is 2. The first-order valence-corrected chi connectivity index (χ1v) is 11.4. The van der Waals surface area contributed by atoms with Crippen LogP contribution in [0.3, 0.4) is 0 Å². The molecule has 5 rings (SSSR count). The van der Waals surface area contributed by atoms with Gasteiger partial charge >= 0.3 is 6.11 Å². The van der Waals surface area contributed by atoms with E-state index in [1.807, 2.05) is 30.3 Å². The molecule has 4 aromatic rings. The van der Waals surface area contributed by atoms with E-state index in [0.717, 1.165) is 16.6 Å². The number of morpholine rings is 1. The molecule has 0 radical (unpaired) electrons. The molecule has 1 saturated heterocycles. The summed E-state index contributed by atoms with van der Waals surface area (Å²) in [5.41, 5.74) is 3.77. The number of hydrogen-bond acceptors (Lipinski definition) is 6. The molecule has 186 valence electrons. The van der Waals surface area contributed by atoms with E-state index >= 15 is 0 Å². The Hall–Kier alpha value is -4.05. The standard InChI is InChI=1S/C26H24F2N4O4/c1-16-12-17(36-26(2,27)28)5-7-22(16)32-13-18(34-15-24(32)33)14-35-23-8-6-19(21-9-11-30-31-21)20-4-3-10-29-25(20)23/h3-12,18H,13-15H2,1-2H3,(H,30,31)/t18-/m0/s1. The van der Waals surface area contributed by atoms with E-state index < -0.39 is 12.2 Å². The van der Waals surface area contributed by atoms with Crippen molar-refractivity contribution in [2.75, 3.05) is 24.7 Å². The topological polar surface area (TPSA) is 89.6 Å². The molecule has 1 amide bonds. The minimum absolute atomic E-state index is 0.0299. The van der Waals surface area contributed by atoms with Gasteiger partial charge in [-0.3, -0.25) is 14.9 Å². The highest BCUT2D eigenvalue weighted by atomic mass is 19.3. The van der Waals surface area contributed by atoms with E-state index in [4.69, 9.17) is 9.47 Å². The highest BCUT2D eigenvalue weighted by Gasteiger charge is 2.30. The van der Waals surface area contributed by atoms with Gasteiger partial charge in [-0.2, -0.15) is 13.9 Å². The predicted molar refractivity (Wildman–Crippen MR) is 129 cm³/mol. The van der Waals surface area contributed by atoms with Crippen LogP contribution in [0.1, 0.15) is 12.5 Å². The van der Waals surface area contributed by atoms with Crippen molar-refractivity contribution >= 4 is 22.5 Å². The van der Waals surface area contributed by atoms with Crippen LogP contribution in [0.2, 0.25) is 0 Å². The Morgan fingerprint density at radius 3 is 2.81 bits per heavy atom. The van der Waals surface area contributed by atoms with E-state index in [-0.39, 0.29) is 31.4 Å². The Labute approximate surface area is 205 Å². The molecule has 0 saturated carbocycles. The third-order valence-corrected chi connectivity index (χ3v) is 5.83. The molecular weight excluding hydrogens is 470 g/mol. The van der Waals surface area contributed by atoms with Gasteiger partial charge in [-0.15, -0.1) is 0 Å². The summed E-state index contributed by atoms with van der Waals surface area (Å²) in [5.74, 6) is 0.404. The number of aromatic nitrogens is 3. The molecule has 3 heterocycles. The number of H-pyrrole nitrogens is 1. The minimum atomic E-state index is -3.29. The predicted octanol–water partition coefficient (Wildman–Crippen LogP) is 4.74. The van der Waals surface area contributed by atoms with Crippen molar-refractivity contribution in [2.24, 2.45) is 0 Å². The molecule has 2 aromatic heterocycles. The van der Waals surface area contributed by atoms with Gasteiger partial charge in [0.1, 0.15) is 36.3 Å². The molecule has 0 aliphatic carbocycles. The summed E-state index contributed by atoms with van der Waals surface area (Å²) in [5, 5.41) is 7.91. The smallest absolute Gasteiger partial charge is 0.394 e. The summed E-state index contributed by atoms with van der Waals surface area (Å²) in [7, 11) is 0. The van der Waals surface area contributed by atoms with Crippen LogP contribution in [0.15, 0.2) is 60.9 Å². The maximum Gasteiger partial charge on any atom is 0.394 e. The minimum Gasteiger partial charge on any atom is -0.489 e. The average Bonchev–Trinajstić information content (AvgIpc) is 3.37. The molecule has 10 heteroatoms. The van der Waals surface area contributed by atoms with E-state index in [1.54, 1.807) is 30.3 Å². The molecular formula is C26H24F2N4O4. The van der Waals surface area contributed by atoms with Gasteiger partial charge in [0.25, 0.3) is 5.91 Å². The molecule has 1 aliphatic heterocycles. The number of pyridine rings is 1. The molecule has 8 nitrogen and oxygen atoms in total. The molecule has 36 heavy (non-hydrogen) atoms. The molecule has 0 unspecified atom stereocenters. The van der Waals surface area contributed by atoms with Crippen LogP contribution < -0.4 is 14.4 Å². The van der Waals surface area contributed by atoms with Crippen LogP contribution in [0, 0.1) is 6.92 Å². The van der Waals surface area contributed by atoms with Crippen molar-refractivity contribution in [1.82, 2.24) is 15.2 Å². The average molecular weight is 494 g/mol. The lowest BCUT2D eigenvalue weighted by atomic mass is 10.1. The number of nitrogens with one attached hydrogen (secondary N) is 1. The normalized spacial score (nSPS) is 16.4. The monoisotopic (exact) mass is 494 g/mol. The number of anilines is 1. The maximum absolute atomic E-state index is 13.2. The van der Waals surface area contributed by atoms with Crippen molar-refractivity contribution in [3.05, 3.63) is 66.5 Å². The number of fused-ring (bicyclic) bond motifs is 1. The second kappa shape index (κ2) is 9.54. The Morgan fingerprint density at radius 2 is 2.06 bits per heavy atom. The first-order chi connectivity index (χ1) is 17.3. The highest BCUT2D eigenvalue weighted by molar-refractivity contribution is 5.97. The van der Waals surface area contributed by atoms with Gasteiger partial charge in [-0.1, -0.05) is 6.07 Å². The fraction of sp³-hybridized carbons (Fsp3) is 0.269. The largest absolute Gasteiger partial charge is 0.489 e. The molecule has 1 atom stereocenters. The summed E-state index contributed by atoms with van der Waals surface area (Å²) in [6.45, 7) is 2.75. The van der Waals surface area contributed by atoms with Crippen LogP contribution in [-0.4, -0.2) is 53.1 Å². The number of carbonyl (C=O) groups is 1. The van der Waals surface area contributed by atoms with Crippen LogP contribution in [-0.2, 0) is 9.53 Å².